The molecular formula is C20H25N3OS2. The minimum Gasteiger partial charge on any atom is -0.367 e. The molecule has 0 spiro atoms. The van der Waals surface area contributed by atoms with E-state index >= 15 is 0 Å². The molecule has 6 heteroatoms. The van der Waals surface area contributed by atoms with Crippen molar-refractivity contribution in [2.24, 2.45) is 0 Å². The maximum absolute atomic E-state index is 10.6. The average Bonchev–Trinajstić information content (AvgIpc) is 2.82. The van der Waals surface area contributed by atoms with Gasteiger partial charge in [-0.05, 0) is 30.5 Å². The Labute approximate surface area is 164 Å². The number of carbonyl (C=O) groups excluding carboxylic acids is 1. The smallest absolute Gasteiger partial charge is 0.130 e. The molecule has 0 saturated heterocycles. The first kappa shape index (κ1) is 22.0. The van der Waals surface area contributed by atoms with Gasteiger partial charge in [-0.2, -0.15) is 0 Å². The van der Waals surface area contributed by atoms with Crippen LogP contribution in [0.2, 0.25) is 0 Å². The number of pyridine rings is 1. The van der Waals surface area contributed by atoms with Crippen LogP contribution < -0.4 is 5.32 Å². The Balaban J connectivity index is 0.00000163. The van der Waals surface area contributed by atoms with Gasteiger partial charge in [-0.3, -0.25) is 5.41 Å². The fourth-order valence-corrected chi connectivity index (χ4v) is 4.40. The molecule has 0 radical (unpaired) electrons. The number of anilines is 1. The molecule has 1 aliphatic heterocycles. The lowest BCUT2D eigenvalue weighted by Gasteiger charge is -2.09. The molecule has 1 aliphatic rings. The number of carbonyl (C=O) groups is 1. The topological polar surface area (TPSA) is 65.8 Å². The van der Waals surface area contributed by atoms with E-state index in [0.717, 1.165) is 45.2 Å². The van der Waals surface area contributed by atoms with E-state index in [2.05, 4.69) is 30.0 Å². The third kappa shape index (κ3) is 6.69. The molecule has 4 nitrogen and oxygen atoms in total. The van der Waals surface area contributed by atoms with Gasteiger partial charge in [0, 0.05) is 28.3 Å². The predicted molar refractivity (Wildman–Crippen MR) is 117 cm³/mol. The zero-order chi connectivity index (χ0) is 19.4. The molecular weight excluding hydrogens is 362 g/mol. The number of allylic oxidation sites excluding steroid dienone is 3. The van der Waals surface area contributed by atoms with E-state index < -0.39 is 0 Å². The molecule has 138 valence electrons. The molecule has 2 N–H and O–H groups in total. The molecule has 0 saturated carbocycles. The van der Waals surface area contributed by atoms with Gasteiger partial charge in [0.25, 0.3) is 0 Å². The number of rotatable bonds is 7. The minimum absolute atomic E-state index is 0.409. The van der Waals surface area contributed by atoms with E-state index in [1.165, 1.54) is 11.8 Å². The van der Waals surface area contributed by atoms with E-state index in [-0.39, 0.29) is 0 Å². The molecule has 0 bridgehead atoms. The maximum Gasteiger partial charge on any atom is 0.130 e. The average molecular weight is 388 g/mol. The zero-order valence-corrected chi connectivity index (χ0v) is 16.7. The van der Waals surface area contributed by atoms with Crippen LogP contribution in [0, 0.1) is 12.3 Å². The molecule has 2 rings (SSSR count). The molecule has 1 aromatic heterocycles. The molecule has 0 atom stereocenters. The van der Waals surface area contributed by atoms with Gasteiger partial charge >= 0.3 is 0 Å². The largest absolute Gasteiger partial charge is 0.367 e. The first-order valence-electron chi connectivity index (χ1n) is 8.16. The molecule has 0 fully saturated rings. The number of aryl methyl sites for hydroxylation is 1. The second-order valence-electron chi connectivity index (χ2n) is 5.19. The van der Waals surface area contributed by atoms with Crippen LogP contribution in [0.5, 0.6) is 0 Å². The van der Waals surface area contributed by atoms with Crippen molar-refractivity contribution in [1.82, 2.24) is 4.98 Å². The Morgan fingerprint density at radius 2 is 2.19 bits per heavy atom. The van der Waals surface area contributed by atoms with Gasteiger partial charge in [0.2, 0.25) is 0 Å². The lowest BCUT2D eigenvalue weighted by Crippen LogP contribution is -2.08. The molecule has 0 aromatic carbocycles. The van der Waals surface area contributed by atoms with Crippen molar-refractivity contribution in [3.63, 3.8) is 0 Å². The summed E-state index contributed by atoms with van der Waals surface area (Å²) in [4.78, 5) is 14.9. The third-order valence-electron chi connectivity index (χ3n) is 3.44. The highest BCUT2D eigenvalue weighted by molar-refractivity contribution is 8.22. The molecule has 1 aromatic rings. The normalized spacial score (nSPS) is 15.7. The van der Waals surface area contributed by atoms with Crippen molar-refractivity contribution in [2.75, 3.05) is 23.4 Å². The summed E-state index contributed by atoms with van der Waals surface area (Å²) < 4.78 is 1.01. The zero-order valence-electron chi connectivity index (χ0n) is 15.1. The second kappa shape index (κ2) is 12.3. The molecule has 26 heavy (non-hydrogen) atoms. The molecule has 2 heterocycles. The summed E-state index contributed by atoms with van der Waals surface area (Å²) in [5, 5.41) is 11.7. The first-order chi connectivity index (χ1) is 12.7. The molecule has 0 unspecified atom stereocenters. The van der Waals surface area contributed by atoms with E-state index in [9.17, 15) is 4.79 Å². The number of hydrogen-bond acceptors (Lipinski definition) is 6. The van der Waals surface area contributed by atoms with Crippen molar-refractivity contribution in [2.45, 2.75) is 13.3 Å². The van der Waals surface area contributed by atoms with E-state index in [4.69, 9.17) is 5.41 Å². The fourth-order valence-electron chi connectivity index (χ4n) is 2.20. The van der Waals surface area contributed by atoms with Crippen LogP contribution in [0.3, 0.4) is 0 Å². The van der Waals surface area contributed by atoms with Crippen LogP contribution in [0.25, 0.3) is 0 Å². The number of aromatic nitrogens is 1. The van der Waals surface area contributed by atoms with Gasteiger partial charge in [0.05, 0.1) is 11.5 Å². The first-order valence-corrected chi connectivity index (χ1v) is 10.1. The third-order valence-corrected chi connectivity index (χ3v) is 5.83. The predicted octanol–water partition coefficient (Wildman–Crippen LogP) is 5.02. The molecule has 0 aliphatic carbocycles. The van der Waals surface area contributed by atoms with Crippen LogP contribution in [0.1, 0.15) is 12.0 Å². The lowest BCUT2D eigenvalue weighted by atomic mass is 10.0. The highest BCUT2D eigenvalue weighted by atomic mass is 32.2. The Bertz CT molecular complexity index is 694. The monoisotopic (exact) mass is 387 g/mol. The Kier molecular flexibility index (Phi) is 10.4. The summed E-state index contributed by atoms with van der Waals surface area (Å²) >= 11 is 3.17. The van der Waals surface area contributed by atoms with Crippen molar-refractivity contribution in [1.29, 1.82) is 5.41 Å². The highest BCUT2D eigenvalue weighted by Gasteiger charge is 2.18. The number of aldehydes is 1. The van der Waals surface area contributed by atoms with E-state index in [1.54, 1.807) is 17.8 Å². The SMILES string of the molecule is C=C.C=CC1=C(SCC=O)SCC/C(=C/CNc2ccc(C)cn2)C1=N. The molecule has 0 amide bonds. The highest BCUT2D eigenvalue weighted by Crippen LogP contribution is 2.37. The van der Waals surface area contributed by atoms with Gasteiger partial charge in [-0.1, -0.05) is 24.8 Å². The van der Waals surface area contributed by atoms with Crippen LogP contribution in [0.4, 0.5) is 5.82 Å². The quantitative estimate of drug-likeness (QED) is 0.508. The summed E-state index contributed by atoms with van der Waals surface area (Å²) in [7, 11) is 0. The number of nitrogens with one attached hydrogen (secondary N) is 2. The van der Waals surface area contributed by atoms with Gasteiger partial charge in [0.1, 0.15) is 12.1 Å². The van der Waals surface area contributed by atoms with Crippen LogP contribution in [-0.4, -0.2) is 35.0 Å². The number of thioether (sulfide) groups is 2. The number of nitrogens with zero attached hydrogens (tertiary/aromatic N) is 1. The van der Waals surface area contributed by atoms with Crippen molar-refractivity contribution >= 4 is 41.3 Å². The van der Waals surface area contributed by atoms with Crippen molar-refractivity contribution in [3.8, 4) is 0 Å². The van der Waals surface area contributed by atoms with E-state index in [1.807, 2.05) is 31.3 Å². The summed E-state index contributed by atoms with van der Waals surface area (Å²) in [6, 6.07) is 3.97. The summed E-state index contributed by atoms with van der Waals surface area (Å²) in [5.74, 6) is 2.14. The Morgan fingerprint density at radius 3 is 2.81 bits per heavy atom. The second-order valence-corrected chi connectivity index (χ2v) is 7.58. The van der Waals surface area contributed by atoms with E-state index in [0.29, 0.717) is 18.0 Å². The fraction of sp³-hybridized carbons (Fsp3) is 0.250. The Hall–Kier alpha value is -2.05. The summed E-state index contributed by atoms with van der Waals surface area (Å²) in [6.45, 7) is 12.5. The standard InChI is InChI=1S/C18H21N3OS2.C2H4/c1-3-15-17(19)14(7-10-23-18(15)24-11-9-22)6-8-20-16-5-4-13(2)12-21-16;1-2/h3-6,9,12,19H,1,7-8,10-11H2,2H3,(H,20,21);1-2H2/b14-6-,19-17?;. The van der Waals surface area contributed by atoms with Gasteiger partial charge in [0.15, 0.2) is 0 Å². The van der Waals surface area contributed by atoms with Crippen molar-refractivity contribution in [3.05, 3.63) is 71.2 Å². The van der Waals surface area contributed by atoms with Gasteiger partial charge in [-0.15, -0.1) is 36.7 Å². The van der Waals surface area contributed by atoms with Crippen molar-refractivity contribution < 1.29 is 4.79 Å². The minimum atomic E-state index is 0.409. The maximum atomic E-state index is 10.6. The lowest BCUT2D eigenvalue weighted by molar-refractivity contribution is -0.105. The van der Waals surface area contributed by atoms with Gasteiger partial charge in [-0.25, -0.2) is 4.98 Å². The number of hydrogen-bond donors (Lipinski definition) is 2. The van der Waals surface area contributed by atoms with Crippen LogP contribution in [0.15, 0.2) is 65.6 Å². The Morgan fingerprint density at radius 1 is 1.42 bits per heavy atom. The summed E-state index contributed by atoms with van der Waals surface area (Å²) in [6.07, 6.45) is 7.31. The van der Waals surface area contributed by atoms with Gasteiger partial charge < -0.3 is 10.1 Å². The van der Waals surface area contributed by atoms with Crippen LogP contribution >= 0.6 is 23.5 Å². The van der Waals surface area contributed by atoms with Crippen LogP contribution in [-0.2, 0) is 4.79 Å². The summed E-state index contributed by atoms with van der Waals surface area (Å²) in [5.41, 5.74) is 3.45.